The lowest BCUT2D eigenvalue weighted by atomic mass is 10.6. The molecule has 0 rings (SSSR count). The van der Waals surface area contributed by atoms with Crippen molar-refractivity contribution in [3.05, 3.63) is 0 Å². The van der Waals surface area contributed by atoms with Crippen LogP contribution in [0.4, 0.5) is 0 Å². The molecule has 0 saturated heterocycles. The van der Waals surface area contributed by atoms with Crippen LogP contribution >= 0.6 is 44.4 Å². The van der Waals surface area contributed by atoms with Crippen molar-refractivity contribution < 1.29 is 0 Å². The van der Waals surface area contributed by atoms with Crippen LogP contribution in [0.2, 0.25) is 0 Å². The molecule has 2 N–H and O–H groups in total. The summed E-state index contributed by atoms with van der Waals surface area (Å²) in [4.78, 5) is 0. The molecule has 0 saturated carbocycles. The van der Waals surface area contributed by atoms with Gasteiger partial charge in [0, 0.05) is 0 Å². The van der Waals surface area contributed by atoms with Gasteiger partial charge in [0.2, 0.25) is 0 Å². The Hall–Kier alpha value is 1.39. The van der Waals surface area contributed by atoms with Crippen molar-refractivity contribution in [3.8, 4) is 0 Å². The number of nitrogens with two attached hydrogens (primary N) is 1. The first-order valence-electron chi connectivity index (χ1n) is 1.80. The Labute approximate surface area is 65.9 Å². The molecule has 0 aliphatic carbocycles. The van der Waals surface area contributed by atoms with E-state index in [0.29, 0.717) is 0 Å². The SMILES string of the molecule is CC(C)(I)SSN. The Bertz CT molecular complexity index is 51.4. The molecule has 0 radical (unpaired) electrons. The highest BCUT2D eigenvalue weighted by Gasteiger charge is 2.11. The fourth-order valence-electron chi connectivity index (χ4n) is 0.114. The Kier molecular flexibility index (Phi) is 4.10. The summed E-state index contributed by atoms with van der Waals surface area (Å²) >= 11 is 2.34. The van der Waals surface area contributed by atoms with Crippen molar-refractivity contribution in [2.24, 2.45) is 5.14 Å². The highest BCUT2D eigenvalue weighted by atomic mass is 127. The van der Waals surface area contributed by atoms with Crippen molar-refractivity contribution in [1.29, 1.82) is 0 Å². The predicted octanol–water partition coefficient (Wildman–Crippen LogP) is 2.41. The van der Waals surface area contributed by atoms with Crippen LogP contribution in [-0.4, -0.2) is 2.75 Å². The summed E-state index contributed by atoms with van der Waals surface area (Å²) in [5, 5.41) is 5.19. The first kappa shape index (κ1) is 8.39. The molecular formula is C3H8INS2. The quantitative estimate of drug-likeness (QED) is 0.352. The Morgan fingerprint density at radius 1 is 1.57 bits per heavy atom. The molecule has 0 amide bonds. The van der Waals surface area contributed by atoms with Crippen molar-refractivity contribution in [1.82, 2.24) is 0 Å². The molecule has 44 valence electrons. The van der Waals surface area contributed by atoms with E-state index in [4.69, 9.17) is 5.14 Å². The minimum absolute atomic E-state index is 0.275. The molecule has 0 heterocycles. The van der Waals surface area contributed by atoms with Gasteiger partial charge in [0.15, 0.2) is 0 Å². The predicted molar refractivity (Wildman–Crippen MR) is 47.5 cm³/mol. The second kappa shape index (κ2) is 3.42. The van der Waals surface area contributed by atoms with E-state index in [1.165, 1.54) is 11.0 Å². The molecule has 0 aliphatic rings. The molecule has 0 bridgehead atoms. The normalized spacial score (nSPS) is 12.0. The zero-order chi connectivity index (χ0) is 5.91. The van der Waals surface area contributed by atoms with Gasteiger partial charge < -0.3 is 0 Å². The summed E-state index contributed by atoms with van der Waals surface area (Å²) < 4.78 is 0.275. The standard InChI is InChI=1S/C3H8INS2/c1-3(2,4)6-7-5/h5H2,1-2H3. The lowest BCUT2D eigenvalue weighted by Crippen LogP contribution is -1.99. The lowest BCUT2D eigenvalue weighted by molar-refractivity contribution is 1.09. The van der Waals surface area contributed by atoms with Gasteiger partial charge in [0.1, 0.15) is 0 Å². The van der Waals surface area contributed by atoms with Gasteiger partial charge in [0.05, 0.1) is 2.75 Å². The zero-order valence-electron chi connectivity index (χ0n) is 4.27. The molecule has 0 aromatic heterocycles. The largest absolute Gasteiger partial charge is 0.268 e. The maximum atomic E-state index is 5.19. The number of hydrogen-bond acceptors (Lipinski definition) is 3. The molecule has 0 fully saturated rings. The first-order chi connectivity index (χ1) is 3.06. The molecule has 1 nitrogen and oxygen atoms in total. The topological polar surface area (TPSA) is 26.0 Å². The van der Waals surface area contributed by atoms with Crippen molar-refractivity contribution in [2.45, 2.75) is 16.6 Å². The fraction of sp³-hybridized carbons (Fsp3) is 1.00. The Balaban J connectivity index is 3.15. The molecule has 0 atom stereocenters. The summed E-state index contributed by atoms with van der Waals surface area (Å²) in [5.74, 6) is 0. The van der Waals surface area contributed by atoms with Gasteiger partial charge in [-0.1, -0.05) is 33.4 Å². The van der Waals surface area contributed by atoms with Crippen LogP contribution in [-0.2, 0) is 0 Å². The monoisotopic (exact) mass is 249 g/mol. The number of hydrogen-bond donors (Lipinski definition) is 1. The second-order valence-corrected chi connectivity index (χ2v) is 7.43. The van der Waals surface area contributed by atoms with Gasteiger partial charge >= 0.3 is 0 Å². The number of halogens is 1. The summed E-state index contributed by atoms with van der Waals surface area (Å²) in [6.45, 7) is 4.25. The second-order valence-electron chi connectivity index (χ2n) is 1.54. The average molecular weight is 249 g/mol. The van der Waals surface area contributed by atoms with Gasteiger partial charge in [-0.2, -0.15) is 0 Å². The van der Waals surface area contributed by atoms with Gasteiger partial charge in [0.25, 0.3) is 0 Å². The van der Waals surface area contributed by atoms with Crippen LogP contribution < -0.4 is 5.14 Å². The molecule has 7 heavy (non-hydrogen) atoms. The molecular weight excluding hydrogens is 241 g/mol. The van der Waals surface area contributed by atoms with E-state index in [-0.39, 0.29) is 2.75 Å². The maximum Gasteiger partial charge on any atom is 0.0732 e. The van der Waals surface area contributed by atoms with E-state index >= 15 is 0 Å². The third-order valence-electron chi connectivity index (χ3n) is 0.246. The minimum atomic E-state index is 0.275. The summed E-state index contributed by atoms with van der Waals surface area (Å²) in [5.41, 5.74) is 0. The summed E-state index contributed by atoms with van der Waals surface area (Å²) in [6, 6.07) is 0. The van der Waals surface area contributed by atoms with Crippen LogP contribution in [0.3, 0.4) is 0 Å². The van der Waals surface area contributed by atoms with Gasteiger partial charge in [-0.25, -0.2) is 0 Å². The van der Waals surface area contributed by atoms with Crippen molar-refractivity contribution in [3.63, 3.8) is 0 Å². The van der Waals surface area contributed by atoms with E-state index in [2.05, 4.69) is 36.4 Å². The van der Waals surface area contributed by atoms with E-state index in [9.17, 15) is 0 Å². The maximum absolute atomic E-state index is 5.19. The van der Waals surface area contributed by atoms with Gasteiger partial charge in [-0.3, -0.25) is 5.14 Å². The van der Waals surface area contributed by atoms with Crippen LogP contribution in [0.15, 0.2) is 0 Å². The zero-order valence-corrected chi connectivity index (χ0v) is 8.06. The smallest absolute Gasteiger partial charge is 0.0732 e. The van der Waals surface area contributed by atoms with Crippen LogP contribution in [0.25, 0.3) is 0 Å². The van der Waals surface area contributed by atoms with Crippen molar-refractivity contribution >= 4 is 44.4 Å². The number of alkyl halides is 1. The molecule has 0 aromatic carbocycles. The van der Waals surface area contributed by atoms with Gasteiger partial charge in [-0.05, 0) is 24.8 Å². The molecule has 0 aromatic rings. The Morgan fingerprint density at radius 2 is 2.00 bits per heavy atom. The molecule has 0 spiro atoms. The average Bonchev–Trinajstić information content (AvgIpc) is 1.30. The summed E-state index contributed by atoms with van der Waals surface area (Å²) in [7, 11) is 2.99. The third-order valence-corrected chi connectivity index (χ3v) is 3.83. The van der Waals surface area contributed by atoms with E-state index < -0.39 is 0 Å². The Morgan fingerprint density at radius 3 is 2.00 bits per heavy atom. The van der Waals surface area contributed by atoms with Crippen LogP contribution in [0, 0.1) is 0 Å². The third kappa shape index (κ3) is 7.39. The van der Waals surface area contributed by atoms with Crippen LogP contribution in [0.1, 0.15) is 13.8 Å². The first-order valence-corrected chi connectivity index (χ1v) is 5.09. The van der Waals surface area contributed by atoms with Crippen molar-refractivity contribution in [2.75, 3.05) is 0 Å². The highest BCUT2D eigenvalue weighted by molar-refractivity contribution is 14.1. The minimum Gasteiger partial charge on any atom is -0.268 e. The van der Waals surface area contributed by atoms with Gasteiger partial charge in [-0.15, -0.1) is 0 Å². The lowest BCUT2D eigenvalue weighted by Gasteiger charge is -2.10. The molecule has 0 unspecified atom stereocenters. The van der Waals surface area contributed by atoms with Crippen LogP contribution in [0.5, 0.6) is 0 Å². The highest BCUT2D eigenvalue weighted by Crippen LogP contribution is 2.37. The molecule has 0 aliphatic heterocycles. The van der Waals surface area contributed by atoms with E-state index in [1.54, 1.807) is 10.8 Å². The van der Waals surface area contributed by atoms with E-state index in [0.717, 1.165) is 0 Å². The summed E-state index contributed by atoms with van der Waals surface area (Å²) in [6.07, 6.45) is 0. The fourth-order valence-corrected chi connectivity index (χ4v) is 1.96. The number of rotatable bonds is 2. The van der Waals surface area contributed by atoms with E-state index in [1.807, 2.05) is 0 Å². The molecule has 4 heteroatoms.